The fraction of sp³-hybridized carbons (Fsp3) is 0.750. The van der Waals surface area contributed by atoms with Crippen LogP contribution in [0.25, 0.3) is 0 Å². The average molecular weight is 176 g/mol. The van der Waals surface area contributed by atoms with Crippen LogP contribution in [0.15, 0.2) is 0 Å². The second kappa shape index (κ2) is 4.40. The Bertz CT molecular complexity index is 120. The van der Waals surface area contributed by atoms with E-state index < -0.39 is 18.4 Å². The van der Waals surface area contributed by atoms with Crippen LogP contribution in [0.4, 0.5) is 8.78 Å². The van der Waals surface area contributed by atoms with Crippen LogP contribution in [0.5, 0.6) is 0 Å². The molecule has 0 amide bonds. The molecular weight excluding hydrogens is 167 g/mol. The molecule has 0 aromatic rings. The van der Waals surface area contributed by atoms with E-state index in [4.69, 9.17) is 5.11 Å². The number of alkyl halides is 2. The highest BCUT2D eigenvalue weighted by Gasteiger charge is 2.37. The zero-order valence-corrected chi connectivity index (χ0v) is 6.04. The van der Waals surface area contributed by atoms with Gasteiger partial charge in [0.2, 0.25) is 0 Å². The number of carboxylic acids is 1. The summed E-state index contributed by atoms with van der Waals surface area (Å²) in [7, 11) is 1.26. The van der Waals surface area contributed by atoms with Gasteiger partial charge in [-0.1, -0.05) is 0 Å². The summed E-state index contributed by atoms with van der Waals surface area (Å²) in [6, 6.07) is 0. The first-order valence-electron chi connectivity index (χ1n) is 2.26. The molecule has 0 unspecified atom stereocenters. The normalized spacial score (nSPS) is 10.3. The van der Waals surface area contributed by atoms with Gasteiger partial charge in [-0.25, -0.2) is 4.79 Å². The minimum Gasteiger partial charge on any atom is -0.477 e. The molecule has 0 bridgehead atoms. The van der Waals surface area contributed by atoms with Gasteiger partial charge in [0.05, 0.1) is 6.54 Å². The van der Waals surface area contributed by atoms with E-state index in [0.717, 1.165) is 0 Å². The van der Waals surface area contributed by atoms with Crippen LogP contribution in [0, 0.1) is 0 Å². The molecule has 2 N–H and O–H groups in total. The van der Waals surface area contributed by atoms with E-state index in [1.54, 1.807) is 0 Å². The molecule has 0 saturated heterocycles. The van der Waals surface area contributed by atoms with Crippen LogP contribution >= 0.6 is 12.4 Å². The first-order valence-corrected chi connectivity index (χ1v) is 2.26. The van der Waals surface area contributed by atoms with Gasteiger partial charge in [-0.15, -0.1) is 12.4 Å². The summed E-state index contributed by atoms with van der Waals surface area (Å²) in [5.41, 5.74) is 0. The topological polar surface area (TPSA) is 49.3 Å². The van der Waals surface area contributed by atoms with Gasteiger partial charge in [0, 0.05) is 0 Å². The highest BCUT2D eigenvalue weighted by molar-refractivity contribution is 5.85. The van der Waals surface area contributed by atoms with E-state index >= 15 is 0 Å². The Morgan fingerprint density at radius 2 is 2.10 bits per heavy atom. The van der Waals surface area contributed by atoms with Gasteiger partial charge >= 0.3 is 11.9 Å². The largest absolute Gasteiger partial charge is 0.477 e. The van der Waals surface area contributed by atoms with Crippen molar-refractivity contribution in [1.82, 2.24) is 5.32 Å². The number of hydrogen-bond acceptors (Lipinski definition) is 2. The standard InChI is InChI=1S/C4H7F2NO2.ClH/c1-7-2-4(5,6)3(8)9;/h7H,2H2,1H3,(H,8,9);1H. The lowest BCUT2D eigenvalue weighted by Gasteiger charge is -2.08. The summed E-state index contributed by atoms with van der Waals surface area (Å²) < 4.78 is 23.8. The molecule has 0 spiro atoms. The van der Waals surface area contributed by atoms with E-state index in [0.29, 0.717) is 0 Å². The van der Waals surface area contributed by atoms with Gasteiger partial charge in [-0.3, -0.25) is 0 Å². The number of halogens is 3. The second-order valence-electron chi connectivity index (χ2n) is 1.54. The van der Waals surface area contributed by atoms with E-state index in [1.807, 2.05) is 0 Å². The highest BCUT2D eigenvalue weighted by atomic mass is 35.5. The first-order chi connectivity index (χ1) is 4.00. The molecule has 0 atom stereocenters. The number of nitrogens with one attached hydrogen (secondary N) is 1. The van der Waals surface area contributed by atoms with Crippen molar-refractivity contribution in [2.45, 2.75) is 5.92 Å². The zero-order valence-electron chi connectivity index (χ0n) is 5.23. The van der Waals surface area contributed by atoms with E-state index in [1.165, 1.54) is 7.05 Å². The first kappa shape index (κ1) is 12.3. The van der Waals surface area contributed by atoms with Crippen molar-refractivity contribution in [3.63, 3.8) is 0 Å². The summed E-state index contributed by atoms with van der Waals surface area (Å²) in [5.74, 6) is -5.74. The van der Waals surface area contributed by atoms with Gasteiger partial charge in [0.25, 0.3) is 0 Å². The van der Waals surface area contributed by atoms with Crippen molar-refractivity contribution in [1.29, 1.82) is 0 Å². The van der Waals surface area contributed by atoms with Crippen LogP contribution in [0.3, 0.4) is 0 Å². The van der Waals surface area contributed by atoms with Gasteiger partial charge in [-0.2, -0.15) is 8.78 Å². The van der Waals surface area contributed by atoms with Crippen LogP contribution in [-0.4, -0.2) is 30.6 Å². The Labute approximate surface area is 62.8 Å². The summed E-state index contributed by atoms with van der Waals surface area (Å²) in [6.07, 6.45) is 0. The third-order valence-electron chi connectivity index (χ3n) is 0.712. The predicted molar refractivity (Wildman–Crippen MR) is 33.8 cm³/mol. The molecule has 0 aromatic heterocycles. The molecule has 0 rings (SSSR count). The summed E-state index contributed by atoms with van der Waals surface area (Å²) >= 11 is 0. The smallest absolute Gasteiger partial charge is 0.375 e. The molecule has 0 radical (unpaired) electrons. The van der Waals surface area contributed by atoms with E-state index in [2.05, 4.69) is 5.32 Å². The molecule has 10 heavy (non-hydrogen) atoms. The summed E-state index contributed by atoms with van der Waals surface area (Å²) in [4.78, 5) is 9.62. The third-order valence-corrected chi connectivity index (χ3v) is 0.712. The highest BCUT2D eigenvalue weighted by Crippen LogP contribution is 2.10. The van der Waals surface area contributed by atoms with Crippen LogP contribution in [-0.2, 0) is 4.79 Å². The number of carbonyl (C=O) groups is 1. The maximum Gasteiger partial charge on any atom is 0.375 e. The summed E-state index contributed by atoms with van der Waals surface area (Å²) in [6.45, 7) is -0.831. The molecule has 62 valence electrons. The predicted octanol–water partition coefficient (Wildman–Crippen LogP) is 0.347. The SMILES string of the molecule is CNCC(F)(F)C(=O)O.Cl. The average Bonchev–Trinajstić information content (AvgIpc) is 1.65. The molecule has 0 fully saturated rings. The van der Waals surface area contributed by atoms with E-state index in [-0.39, 0.29) is 12.4 Å². The van der Waals surface area contributed by atoms with Crippen molar-refractivity contribution in [2.24, 2.45) is 0 Å². The number of rotatable bonds is 3. The monoisotopic (exact) mass is 175 g/mol. The molecule has 0 aliphatic rings. The van der Waals surface area contributed by atoms with Gasteiger partial charge < -0.3 is 10.4 Å². The summed E-state index contributed by atoms with van der Waals surface area (Å²) in [5, 5.41) is 9.84. The quantitative estimate of drug-likeness (QED) is 0.651. The molecule has 0 heterocycles. The minimum atomic E-state index is -3.64. The lowest BCUT2D eigenvalue weighted by molar-refractivity contribution is -0.163. The lowest BCUT2D eigenvalue weighted by Crippen LogP contribution is -2.38. The maximum absolute atomic E-state index is 11.9. The van der Waals surface area contributed by atoms with Crippen LogP contribution in [0.2, 0.25) is 0 Å². The number of aliphatic carboxylic acids is 1. The molecule has 0 aromatic carbocycles. The van der Waals surface area contributed by atoms with Crippen molar-refractivity contribution >= 4 is 18.4 Å². The van der Waals surface area contributed by atoms with Gasteiger partial charge in [-0.05, 0) is 7.05 Å². The number of hydrogen-bond donors (Lipinski definition) is 2. The van der Waals surface area contributed by atoms with Crippen molar-refractivity contribution in [2.75, 3.05) is 13.6 Å². The maximum atomic E-state index is 11.9. The van der Waals surface area contributed by atoms with Crippen molar-refractivity contribution in [3.8, 4) is 0 Å². The fourth-order valence-corrected chi connectivity index (χ4v) is 0.298. The molecule has 0 aliphatic carbocycles. The Balaban J connectivity index is 0. The zero-order chi connectivity index (χ0) is 7.49. The van der Waals surface area contributed by atoms with Gasteiger partial charge in [0.1, 0.15) is 0 Å². The molecule has 3 nitrogen and oxygen atoms in total. The van der Waals surface area contributed by atoms with E-state index in [9.17, 15) is 13.6 Å². The second-order valence-corrected chi connectivity index (χ2v) is 1.54. The molecule has 0 aliphatic heterocycles. The van der Waals surface area contributed by atoms with Crippen LogP contribution in [0.1, 0.15) is 0 Å². The molecule has 6 heteroatoms. The number of carboxylic acid groups (broad SMARTS) is 1. The third kappa shape index (κ3) is 3.58. The lowest BCUT2D eigenvalue weighted by atomic mass is 10.3. The minimum absolute atomic E-state index is 0. The Hall–Kier alpha value is -0.420. The Morgan fingerprint density at radius 1 is 1.70 bits per heavy atom. The molecule has 0 saturated carbocycles. The van der Waals surface area contributed by atoms with Crippen molar-refractivity contribution < 1.29 is 18.7 Å². The van der Waals surface area contributed by atoms with Crippen molar-refractivity contribution in [3.05, 3.63) is 0 Å². The molecular formula is C4H8ClF2NO2. The fourth-order valence-electron chi connectivity index (χ4n) is 0.298. The van der Waals surface area contributed by atoms with Gasteiger partial charge in [0.15, 0.2) is 0 Å². The Kier molecular flexibility index (Phi) is 5.41. The van der Waals surface area contributed by atoms with Crippen LogP contribution < -0.4 is 5.32 Å². The Morgan fingerprint density at radius 3 is 2.20 bits per heavy atom.